The monoisotopic (exact) mass is 287 g/mol. The summed E-state index contributed by atoms with van der Waals surface area (Å²) in [4.78, 5) is 0. The van der Waals surface area contributed by atoms with Crippen LogP contribution < -0.4 is 14.8 Å². The summed E-state index contributed by atoms with van der Waals surface area (Å²) >= 11 is 0. The summed E-state index contributed by atoms with van der Waals surface area (Å²) in [6, 6.07) is 10.8. The summed E-state index contributed by atoms with van der Waals surface area (Å²) < 4.78 is 24.5. The summed E-state index contributed by atoms with van der Waals surface area (Å²) in [6.07, 6.45) is 0.934. The number of fused-ring (bicyclic) bond motifs is 1. The Morgan fingerprint density at radius 1 is 1.24 bits per heavy atom. The second-order valence-corrected chi connectivity index (χ2v) is 5.18. The maximum Gasteiger partial charge on any atom is 0.146 e. The van der Waals surface area contributed by atoms with Crippen molar-refractivity contribution in [3.05, 3.63) is 53.3 Å². The lowest BCUT2D eigenvalue weighted by Gasteiger charge is -2.17. The van der Waals surface area contributed by atoms with E-state index in [4.69, 9.17) is 9.47 Å². The highest BCUT2D eigenvalue weighted by molar-refractivity contribution is 5.52. The van der Waals surface area contributed by atoms with E-state index in [0.717, 1.165) is 24.3 Å². The molecule has 1 aliphatic rings. The quantitative estimate of drug-likeness (QED) is 0.924. The fourth-order valence-corrected chi connectivity index (χ4v) is 2.53. The molecule has 1 aliphatic heterocycles. The number of ether oxygens (including phenoxy) is 2. The van der Waals surface area contributed by atoms with E-state index in [2.05, 4.69) is 11.4 Å². The molecule has 110 valence electrons. The molecule has 4 heteroatoms. The highest BCUT2D eigenvalue weighted by Crippen LogP contribution is 2.30. The fraction of sp³-hybridized carbons (Fsp3) is 0.294. The minimum absolute atomic E-state index is 0.00231. The zero-order valence-electron chi connectivity index (χ0n) is 12.2. The van der Waals surface area contributed by atoms with Gasteiger partial charge in [0, 0.05) is 18.5 Å². The second-order valence-electron chi connectivity index (χ2n) is 5.18. The number of hydrogen-bond donors (Lipinski definition) is 1. The Labute approximate surface area is 123 Å². The Hall–Kier alpha value is -2.23. The zero-order valence-corrected chi connectivity index (χ0v) is 12.2. The molecule has 0 aliphatic carbocycles. The van der Waals surface area contributed by atoms with Crippen molar-refractivity contribution in [2.24, 2.45) is 0 Å². The van der Waals surface area contributed by atoms with Gasteiger partial charge in [0.1, 0.15) is 17.3 Å². The number of halogens is 1. The number of hydrogen-bond acceptors (Lipinski definition) is 3. The van der Waals surface area contributed by atoms with Crippen LogP contribution in [0.5, 0.6) is 11.5 Å². The molecule has 0 radical (unpaired) electrons. The van der Waals surface area contributed by atoms with Crippen LogP contribution in [0.2, 0.25) is 0 Å². The van der Waals surface area contributed by atoms with Crippen LogP contribution in [0.1, 0.15) is 24.1 Å². The van der Waals surface area contributed by atoms with Gasteiger partial charge in [-0.15, -0.1) is 0 Å². The van der Waals surface area contributed by atoms with Crippen molar-refractivity contribution in [1.29, 1.82) is 0 Å². The molecule has 0 bridgehead atoms. The molecule has 3 nitrogen and oxygen atoms in total. The molecule has 0 saturated heterocycles. The maximum absolute atomic E-state index is 13.9. The Bertz CT molecular complexity index is 657. The van der Waals surface area contributed by atoms with Gasteiger partial charge in [-0.1, -0.05) is 6.07 Å². The molecule has 0 saturated carbocycles. The second kappa shape index (κ2) is 5.64. The predicted molar refractivity (Wildman–Crippen MR) is 80.6 cm³/mol. The number of benzene rings is 2. The van der Waals surface area contributed by atoms with E-state index in [1.54, 1.807) is 19.2 Å². The third-order valence-electron chi connectivity index (χ3n) is 3.76. The van der Waals surface area contributed by atoms with Gasteiger partial charge in [-0.2, -0.15) is 0 Å². The molecule has 21 heavy (non-hydrogen) atoms. The van der Waals surface area contributed by atoms with Gasteiger partial charge < -0.3 is 14.8 Å². The standard InChI is InChI=1S/C17H18FNO2/c1-11(12-3-6-17-13(9-12)7-8-21-17)19-16-10-14(20-2)4-5-15(16)18/h3-6,9-11,19H,7-8H2,1-2H3. The largest absolute Gasteiger partial charge is 0.497 e. The van der Waals surface area contributed by atoms with Gasteiger partial charge in [0.05, 0.1) is 19.4 Å². The molecule has 1 heterocycles. The minimum atomic E-state index is -0.285. The van der Waals surface area contributed by atoms with Gasteiger partial charge in [0.15, 0.2) is 0 Å². The fourth-order valence-electron chi connectivity index (χ4n) is 2.53. The lowest BCUT2D eigenvalue weighted by atomic mass is 10.0. The molecule has 0 amide bonds. The predicted octanol–water partition coefficient (Wildman–Crippen LogP) is 3.94. The summed E-state index contributed by atoms with van der Waals surface area (Å²) in [5.74, 6) is 1.30. The van der Waals surface area contributed by atoms with Gasteiger partial charge in [-0.25, -0.2) is 4.39 Å². The zero-order chi connectivity index (χ0) is 14.8. The van der Waals surface area contributed by atoms with E-state index >= 15 is 0 Å². The van der Waals surface area contributed by atoms with Crippen molar-refractivity contribution in [3.8, 4) is 11.5 Å². The van der Waals surface area contributed by atoms with Crippen LogP contribution in [0.3, 0.4) is 0 Å². The normalized spacial score (nSPS) is 14.2. The first-order valence-electron chi connectivity index (χ1n) is 7.03. The molecule has 2 aromatic carbocycles. The van der Waals surface area contributed by atoms with E-state index in [0.29, 0.717) is 11.4 Å². The number of rotatable bonds is 4. The summed E-state index contributed by atoms with van der Waals surface area (Å²) in [5, 5.41) is 3.20. The Morgan fingerprint density at radius 2 is 2.10 bits per heavy atom. The summed E-state index contributed by atoms with van der Waals surface area (Å²) in [5.41, 5.74) is 2.77. The van der Waals surface area contributed by atoms with Gasteiger partial charge >= 0.3 is 0 Å². The van der Waals surface area contributed by atoms with Gasteiger partial charge in [-0.3, -0.25) is 0 Å². The molecule has 0 spiro atoms. The Kier molecular flexibility index (Phi) is 3.69. The summed E-state index contributed by atoms with van der Waals surface area (Å²) in [7, 11) is 1.57. The van der Waals surface area contributed by atoms with Crippen LogP contribution in [-0.2, 0) is 6.42 Å². The lowest BCUT2D eigenvalue weighted by Crippen LogP contribution is -2.08. The van der Waals surface area contributed by atoms with Crippen molar-refractivity contribution >= 4 is 5.69 Å². The van der Waals surface area contributed by atoms with Gasteiger partial charge in [0.2, 0.25) is 0 Å². The molecule has 0 fully saturated rings. The average Bonchev–Trinajstić information content (AvgIpc) is 2.96. The SMILES string of the molecule is COc1ccc(F)c(NC(C)c2ccc3c(c2)CCO3)c1. The summed E-state index contributed by atoms with van der Waals surface area (Å²) in [6.45, 7) is 2.75. The maximum atomic E-state index is 13.9. The van der Waals surface area contributed by atoms with Crippen molar-refractivity contribution < 1.29 is 13.9 Å². The Morgan fingerprint density at radius 3 is 2.90 bits per heavy atom. The van der Waals surface area contributed by atoms with Crippen LogP contribution in [0.4, 0.5) is 10.1 Å². The van der Waals surface area contributed by atoms with E-state index in [9.17, 15) is 4.39 Å². The minimum Gasteiger partial charge on any atom is -0.497 e. The van der Waals surface area contributed by atoms with E-state index in [-0.39, 0.29) is 11.9 Å². The number of nitrogens with one attached hydrogen (secondary N) is 1. The molecule has 0 aromatic heterocycles. The smallest absolute Gasteiger partial charge is 0.146 e. The molecule has 1 unspecified atom stereocenters. The number of anilines is 1. The van der Waals surface area contributed by atoms with Crippen LogP contribution in [-0.4, -0.2) is 13.7 Å². The first kappa shape index (κ1) is 13.7. The molecular weight excluding hydrogens is 269 g/mol. The number of methoxy groups -OCH3 is 1. The highest BCUT2D eigenvalue weighted by Gasteiger charge is 2.15. The van der Waals surface area contributed by atoms with E-state index in [1.807, 2.05) is 19.1 Å². The first-order chi connectivity index (χ1) is 10.2. The average molecular weight is 287 g/mol. The molecule has 1 atom stereocenters. The first-order valence-corrected chi connectivity index (χ1v) is 7.03. The van der Waals surface area contributed by atoms with Crippen molar-refractivity contribution in [2.45, 2.75) is 19.4 Å². The Balaban J connectivity index is 1.81. The molecular formula is C17H18FNO2. The lowest BCUT2D eigenvalue weighted by molar-refractivity contribution is 0.357. The van der Waals surface area contributed by atoms with Crippen LogP contribution in [0.15, 0.2) is 36.4 Å². The highest BCUT2D eigenvalue weighted by atomic mass is 19.1. The van der Waals surface area contributed by atoms with Crippen molar-refractivity contribution in [2.75, 3.05) is 19.0 Å². The van der Waals surface area contributed by atoms with E-state index < -0.39 is 0 Å². The molecule has 2 aromatic rings. The van der Waals surface area contributed by atoms with Gasteiger partial charge in [0.25, 0.3) is 0 Å². The van der Waals surface area contributed by atoms with Crippen LogP contribution in [0, 0.1) is 5.82 Å². The third kappa shape index (κ3) is 2.79. The molecule has 3 rings (SSSR count). The molecule has 1 N–H and O–H groups in total. The topological polar surface area (TPSA) is 30.5 Å². The van der Waals surface area contributed by atoms with Crippen LogP contribution >= 0.6 is 0 Å². The van der Waals surface area contributed by atoms with Gasteiger partial charge in [-0.05, 0) is 42.3 Å². The third-order valence-corrected chi connectivity index (χ3v) is 3.76. The van der Waals surface area contributed by atoms with Crippen molar-refractivity contribution in [3.63, 3.8) is 0 Å². The van der Waals surface area contributed by atoms with Crippen molar-refractivity contribution in [1.82, 2.24) is 0 Å². The van der Waals surface area contributed by atoms with E-state index in [1.165, 1.54) is 11.6 Å². The van der Waals surface area contributed by atoms with Crippen LogP contribution in [0.25, 0.3) is 0 Å².